The van der Waals surface area contributed by atoms with E-state index in [0.29, 0.717) is 5.22 Å². The zero-order valence-electron chi connectivity index (χ0n) is 10.2. The molecule has 0 bridgehead atoms. The van der Waals surface area contributed by atoms with Crippen LogP contribution in [0, 0.1) is 11.8 Å². The van der Waals surface area contributed by atoms with Gasteiger partial charge in [-0.3, -0.25) is 0 Å². The molecule has 2 nitrogen and oxygen atoms in total. The van der Waals surface area contributed by atoms with Gasteiger partial charge in [-0.1, -0.05) is 19.8 Å². The Hall–Kier alpha value is -0.180. The van der Waals surface area contributed by atoms with Crippen LogP contribution in [0.5, 0.6) is 0 Å². The molecule has 4 heteroatoms. The zero-order valence-corrected chi connectivity index (χ0v) is 11.8. The van der Waals surface area contributed by atoms with Crippen molar-refractivity contribution in [3.05, 3.63) is 23.1 Å². The van der Waals surface area contributed by atoms with E-state index in [9.17, 15) is 0 Å². The highest BCUT2D eigenvalue weighted by Crippen LogP contribution is 2.27. The molecule has 98 valence electrons. The second-order valence-corrected chi connectivity index (χ2v) is 5.35. The average Bonchev–Trinajstić information content (AvgIpc) is 2.64. The van der Waals surface area contributed by atoms with Crippen LogP contribution in [0.3, 0.4) is 0 Å². The molecule has 2 rings (SSSR count). The molecule has 1 heterocycles. The smallest absolute Gasteiger partial charge is 0.193 e. The molecule has 0 aromatic carbocycles. The van der Waals surface area contributed by atoms with Crippen molar-refractivity contribution < 1.29 is 4.42 Å². The molecule has 2 atom stereocenters. The van der Waals surface area contributed by atoms with Crippen molar-refractivity contribution >= 4 is 24.0 Å². The molecule has 1 N–H and O–H groups in total. The van der Waals surface area contributed by atoms with Gasteiger partial charge in [0.05, 0.1) is 6.54 Å². The molecule has 0 spiro atoms. The van der Waals surface area contributed by atoms with Gasteiger partial charge in [0.15, 0.2) is 5.22 Å². The van der Waals surface area contributed by atoms with Crippen LogP contribution < -0.4 is 5.32 Å². The van der Waals surface area contributed by atoms with Gasteiger partial charge in [0.25, 0.3) is 0 Å². The predicted molar refractivity (Wildman–Crippen MR) is 73.8 cm³/mol. The predicted octanol–water partition coefficient (Wildman–Crippen LogP) is 4.27. The summed E-state index contributed by atoms with van der Waals surface area (Å²) in [5, 5.41) is 3.93. The molecule has 1 fully saturated rings. The van der Waals surface area contributed by atoms with Crippen LogP contribution in [0.2, 0.25) is 5.22 Å². The lowest BCUT2D eigenvalue weighted by molar-refractivity contribution is 0.272. The van der Waals surface area contributed by atoms with Crippen molar-refractivity contribution in [3.63, 3.8) is 0 Å². The van der Waals surface area contributed by atoms with Crippen molar-refractivity contribution in [2.24, 2.45) is 11.8 Å². The number of rotatable bonds is 4. The number of halogens is 2. The molecule has 2 unspecified atom stereocenters. The maximum absolute atomic E-state index is 5.71. The van der Waals surface area contributed by atoms with E-state index in [1.54, 1.807) is 6.07 Å². The van der Waals surface area contributed by atoms with Crippen LogP contribution in [-0.2, 0) is 6.54 Å². The summed E-state index contributed by atoms with van der Waals surface area (Å²) >= 11 is 5.71. The molecule has 1 aromatic rings. The fourth-order valence-corrected chi connectivity index (χ4v) is 2.75. The summed E-state index contributed by atoms with van der Waals surface area (Å²) in [7, 11) is 0. The zero-order chi connectivity index (χ0) is 11.4. The minimum absolute atomic E-state index is 0. The van der Waals surface area contributed by atoms with Gasteiger partial charge < -0.3 is 9.73 Å². The molecule has 0 aliphatic heterocycles. The second kappa shape index (κ2) is 7.30. The van der Waals surface area contributed by atoms with Gasteiger partial charge >= 0.3 is 0 Å². The number of nitrogens with one attached hydrogen (secondary N) is 1. The fourth-order valence-electron chi connectivity index (χ4n) is 2.59. The molecule has 1 saturated carbocycles. The van der Waals surface area contributed by atoms with E-state index >= 15 is 0 Å². The van der Waals surface area contributed by atoms with Gasteiger partial charge in [-0.2, -0.15) is 0 Å². The maximum atomic E-state index is 5.71. The highest BCUT2D eigenvalue weighted by molar-refractivity contribution is 6.28. The van der Waals surface area contributed by atoms with E-state index < -0.39 is 0 Å². The summed E-state index contributed by atoms with van der Waals surface area (Å²) in [5.41, 5.74) is 0. The van der Waals surface area contributed by atoms with E-state index in [1.165, 1.54) is 25.7 Å². The van der Waals surface area contributed by atoms with Gasteiger partial charge in [-0.25, -0.2) is 0 Å². The summed E-state index contributed by atoms with van der Waals surface area (Å²) in [6.07, 6.45) is 5.53. The third-order valence-electron chi connectivity index (χ3n) is 3.41. The van der Waals surface area contributed by atoms with Gasteiger partial charge in [0.2, 0.25) is 0 Å². The first kappa shape index (κ1) is 14.9. The summed E-state index contributed by atoms with van der Waals surface area (Å²) < 4.78 is 5.30. The average molecular weight is 278 g/mol. The molecule has 0 amide bonds. The van der Waals surface area contributed by atoms with Crippen molar-refractivity contribution in [1.29, 1.82) is 0 Å². The Morgan fingerprint density at radius 1 is 1.41 bits per heavy atom. The number of hydrogen-bond acceptors (Lipinski definition) is 2. The van der Waals surface area contributed by atoms with Crippen molar-refractivity contribution in [2.75, 3.05) is 6.54 Å². The Morgan fingerprint density at radius 3 is 2.88 bits per heavy atom. The fraction of sp³-hybridized carbons (Fsp3) is 0.692. The van der Waals surface area contributed by atoms with E-state index in [-0.39, 0.29) is 12.4 Å². The standard InChI is InChI=1S/C13H20ClNO.ClH/c1-10-3-2-4-11(7-10)8-15-9-12-5-6-13(14)16-12;/h5-6,10-11,15H,2-4,7-9H2,1H3;1H. The Balaban J connectivity index is 0.00000144. The van der Waals surface area contributed by atoms with Crippen molar-refractivity contribution in [3.8, 4) is 0 Å². The largest absolute Gasteiger partial charge is 0.448 e. The minimum Gasteiger partial charge on any atom is -0.448 e. The van der Waals surface area contributed by atoms with Gasteiger partial charge in [-0.05, 0) is 55.0 Å². The third kappa shape index (κ3) is 4.90. The summed E-state index contributed by atoms with van der Waals surface area (Å²) in [5.74, 6) is 2.67. The van der Waals surface area contributed by atoms with Crippen LogP contribution in [0.15, 0.2) is 16.5 Å². The van der Waals surface area contributed by atoms with Crippen LogP contribution >= 0.6 is 24.0 Å². The summed E-state index contributed by atoms with van der Waals surface area (Å²) in [6, 6.07) is 3.72. The normalized spacial score (nSPS) is 24.4. The van der Waals surface area contributed by atoms with Gasteiger partial charge in [0, 0.05) is 0 Å². The third-order valence-corrected chi connectivity index (χ3v) is 3.61. The molecule has 1 aliphatic rings. The molecular weight excluding hydrogens is 257 g/mol. The molecule has 1 aromatic heterocycles. The first-order valence-corrected chi connectivity index (χ1v) is 6.57. The van der Waals surface area contributed by atoms with Crippen LogP contribution in [0.1, 0.15) is 38.4 Å². The first-order chi connectivity index (χ1) is 7.74. The molecule has 0 radical (unpaired) electrons. The van der Waals surface area contributed by atoms with Crippen LogP contribution in [0.4, 0.5) is 0 Å². The lowest BCUT2D eigenvalue weighted by Crippen LogP contribution is -2.26. The quantitative estimate of drug-likeness (QED) is 0.889. The SMILES string of the molecule is CC1CCCC(CNCc2ccc(Cl)o2)C1.Cl. The summed E-state index contributed by atoms with van der Waals surface area (Å²) in [4.78, 5) is 0. The Kier molecular flexibility index (Phi) is 6.39. The monoisotopic (exact) mass is 277 g/mol. The number of furan rings is 1. The molecule has 17 heavy (non-hydrogen) atoms. The van der Waals surface area contributed by atoms with Crippen molar-refractivity contribution in [1.82, 2.24) is 5.32 Å². The van der Waals surface area contributed by atoms with E-state index in [0.717, 1.165) is 30.7 Å². The Morgan fingerprint density at radius 2 is 2.24 bits per heavy atom. The Bertz CT molecular complexity index is 327. The van der Waals surface area contributed by atoms with Crippen LogP contribution in [0.25, 0.3) is 0 Å². The molecule has 1 aliphatic carbocycles. The van der Waals surface area contributed by atoms with Gasteiger partial charge in [-0.15, -0.1) is 12.4 Å². The maximum Gasteiger partial charge on any atom is 0.193 e. The molecular formula is C13H21Cl2NO. The lowest BCUT2D eigenvalue weighted by Gasteiger charge is -2.26. The van der Waals surface area contributed by atoms with Gasteiger partial charge in [0.1, 0.15) is 5.76 Å². The van der Waals surface area contributed by atoms with E-state index in [4.69, 9.17) is 16.0 Å². The first-order valence-electron chi connectivity index (χ1n) is 6.19. The number of hydrogen-bond donors (Lipinski definition) is 1. The highest BCUT2D eigenvalue weighted by atomic mass is 35.5. The second-order valence-electron chi connectivity index (χ2n) is 4.97. The van der Waals surface area contributed by atoms with E-state index in [1.807, 2.05) is 6.07 Å². The van der Waals surface area contributed by atoms with Crippen molar-refractivity contribution in [2.45, 2.75) is 39.2 Å². The molecule has 0 saturated heterocycles. The van der Waals surface area contributed by atoms with E-state index in [2.05, 4.69) is 12.2 Å². The van der Waals surface area contributed by atoms with Crippen LogP contribution in [-0.4, -0.2) is 6.54 Å². The lowest BCUT2D eigenvalue weighted by atomic mass is 9.82. The topological polar surface area (TPSA) is 25.2 Å². The Labute approximate surface area is 115 Å². The highest BCUT2D eigenvalue weighted by Gasteiger charge is 2.18. The minimum atomic E-state index is 0. The summed E-state index contributed by atoms with van der Waals surface area (Å²) in [6.45, 7) is 4.25.